The third kappa shape index (κ3) is 3.09. The first-order chi connectivity index (χ1) is 8.70. The number of hydrogen-bond acceptors (Lipinski definition) is 2. The van der Waals surface area contributed by atoms with Crippen LogP contribution in [0.1, 0.15) is 16.5 Å². The number of halogens is 2. The number of thiophene rings is 1. The first-order valence-corrected chi connectivity index (χ1v) is 6.76. The number of nitrogens with one attached hydrogen (secondary N) is 1. The Labute approximate surface area is 113 Å². The van der Waals surface area contributed by atoms with Crippen molar-refractivity contribution in [1.82, 2.24) is 5.32 Å². The summed E-state index contributed by atoms with van der Waals surface area (Å²) in [6, 6.07) is 9.63. The Morgan fingerprint density at radius 3 is 2.61 bits per heavy atom. The van der Waals surface area contributed by atoms with Gasteiger partial charge in [0, 0.05) is 4.88 Å². The van der Waals surface area contributed by atoms with Gasteiger partial charge in [0.1, 0.15) is 11.7 Å². The van der Waals surface area contributed by atoms with Crippen molar-refractivity contribution >= 4 is 28.8 Å². The predicted octanol–water partition coefficient (Wildman–Crippen LogP) is 3.33. The standard InChI is InChI=1S/C13H11ClFNOS/c14-8-12(17)16-13(11-2-1-7-18-11)9-3-5-10(15)6-4-9/h1-7,13H,8H2,(H,16,17)/t13-/m1/s1. The smallest absolute Gasteiger partial charge is 0.235 e. The molecule has 18 heavy (non-hydrogen) atoms. The van der Waals surface area contributed by atoms with Gasteiger partial charge >= 0.3 is 0 Å². The first-order valence-electron chi connectivity index (χ1n) is 5.35. The van der Waals surface area contributed by atoms with Gasteiger partial charge in [-0.05, 0) is 29.1 Å². The summed E-state index contributed by atoms with van der Waals surface area (Å²) in [5.41, 5.74) is 0.831. The molecule has 94 valence electrons. The van der Waals surface area contributed by atoms with E-state index in [9.17, 15) is 9.18 Å². The molecule has 5 heteroatoms. The highest BCUT2D eigenvalue weighted by molar-refractivity contribution is 7.10. The van der Waals surface area contributed by atoms with Crippen molar-refractivity contribution in [2.75, 3.05) is 5.88 Å². The highest BCUT2D eigenvalue weighted by Crippen LogP contribution is 2.26. The summed E-state index contributed by atoms with van der Waals surface area (Å²) in [6.07, 6.45) is 0. The SMILES string of the molecule is O=C(CCl)N[C@H](c1ccc(F)cc1)c1cccs1. The summed E-state index contributed by atoms with van der Waals surface area (Å²) in [5, 5.41) is 4.75. The third-order valence-corrected chi connectivity index (χ3v) is 3.64. The maximum atomic E-state index is 12.9. The minimum absolute atomic E-state index is 0.0942. The molecule has 1 atom stereocenters. The average Bonchev–Trinajstić information content (AvgIpc) is 2.90. The van der Waals surface area contributed by atoms with Crippen LogP contribution in [-0.2, 0) is 4.79 Å². The van der Waals surface area contributed by atoms with Gasteiger partial charge in [-0.2, -0.15) is 0 Å². The minimum Gasteiger partial charge on any atom is -0.343 e. The van der Waals surface area contributed by atoms with Gasteiger partial charge in [-0.15, -0.1) is 22.9 Å². The zero-order valence-corrected chi connectivity index (χ0v) is 11.0. The topological polar surface area (TPSA) is 29.1 Å². The van der Waals surface area contributed by atoms with Crippen LogP contribution in [0.15, 0.2) is 41.8 Å². The summed E-state index contributed by atoms with van der Waals surface area (Å²) < 4.78 is 12.9. The van der Waals surface area contributed by atoms with E-state index in [1.54, 1.807) is 12.1 Å². The molecule has 0 unspecified atom stereocenters. The lowest BCUT2D eigenvalue weighted by molar-refractivity contribution is -0.119. The Morgan fingerprint density at radius 2 is 2.06 bits per heavy atom. The van der Waals surface area contributed by atoms with Crippen LogP contribution in [0, 0.1) is 5.82 Å². The highest BCUT2D eigenvalue weighted by atomic mass is 35.5. The molecule has 0 saturated heterocycles. The van der Waals surface area contributed by atoms with Crippen molar-refractivity contribution in [1.29, 1.82) is 0 Å². The average molecular weight is 284 g/mol. The number of hydrogen-bond donors (Lipinski definition) is 1. The van der Waals surface area contributed by atoms with Gasteiger partial charge in [-0.25, -0.2) is 4.39 Å². The van der Waals surface area contributed by atoms with Crippen molar-refractivity contribution in [2.45, 2.75) is 6.04 Å². The molecule has 1 heterocycles. The van der Waals surface area contributed by atoms with Crippen molar-refractivity contribution in [3.8, 4) is 0 Å². The van der Waals surface area contributed by atoms with Crippen LogP contribution in [0.5, 0.6) is 0 Å². The van der Waals surface area contributed by atoms with E-state index in [0.29, 0.717) is 0 Å². The Hall–Kier alpha value is -1.39. The fourth-order valence-corrected chi connectivity index (χ4v) is 2.51. The number of rotatable bonds is 4. The lowest BCUT2D eigenvalue weighted by Gasteiger charge is -2.17. The summed E-state index contributed by atoms with van der Waals surface area (Å²) >= 11 is 7.03. The van der Waals surface area contributed by atoms with Crippen molar-refractivity contribution in [3.63, 3.8) is 0 Å². The van der Waals surface area contributed by atoms with Gasteiger partial charge < -0.3 is 5.32 Å². The minimum atomic E-state index is -0.299. The van der Waals surface area contributed by atoms with E-state index < -0.39 is 0 Å². The normalized spacial score (nSPS) is 12.1. The largest absolute Gasteiger partial charge is 0.343 e. The predicted molar refractivity (Wildman–Crippen MR) is 71.4 cm³/mol. The monoisotopic (exact) mass is 283 g/mol. The van der Waals surface area contributed by atoms with Crippen LogP contribution in [0.3, 0.4) is 0 Å². The molecule has 0 bridgehead atoms. The molecule has 0 spiro atoms. The second-order valence-corrected chi connectivity index (χ2v) is 4.95. The van der Waals surface area contributed by atoms with Crippen molar-refractivity contribution in [2.24, 2.45) is 0 Å². The molecule has 1 aromatic heterocycles. The fourth-order valence-electron chi connectivity index (χ4n) is 1.63. The van der Waals surface area contributed by atoms with Crippen LogP contribution >= 0.6 is 22.9 Å². The highest BCUT2D eigenvalue weighted by Gasteiger charge is 2.17. The lowest BCUT2D eigenvalue weighted by atomic mass is 10.1. The Kier molecular flexibility index (Phi) is 4.33. The molecule has 2 rings (SSSR count). The molecular formula is C13H11ClFNOS. The second-order valence-electron chi connectivity index (χ2n) is 3.70. The van der Waals surface area contributed by atoms with E-state index in [1.165, 1.54) is 23.5 Å². The zero-order valence-electron chi connectivity index (χ0n) is 9.40. The van der Waals surface area contributed by atoms with Gasteiger partial charge in [-0.3, -0.25) is 4.79 Å². The van der Waals surface area contributed by atoms with Gasteiger partial charge in [-0.1, -0.05) is 18.2 Å². The summed E-state index contributed by atoms with van der Waals surface area (Å²) in [7, 11) is 0. The van der Waals surface area contributed by atoms with Crippen molar-refractivity contribution in [3.05, 3.63) is 58.0 Å². The first kappa shape index (κ1) is 13.1. The molecule has 1 N–H and O–H groups in total. The molecule has 2 nitrogen and oxygen atoms in total. The molecule has 1 amide bonds. The molecule has 0 saturated carbocycles. The van der Waals surface area contributed by atoms with Crippen LogP contribution < -0.4 is 5.32 Å². The summed E-state index contributed by atoms with van der Waals surface area (Å²) in [6.45, 7) is 0. The Morgan fingerprint density at radius 1 is 1.33 bits per heavy atom. The van der Waals surface area contributed by atoms with Crippen molar-refractivity contribution < 1.29 is 9.18 Å². The van der Waals surface area contributed by atoms with E-state index in [4.69, 9.17) is 11.6 Å². The maximum Gasteiger partial charge on any atom is 0.235 e. The molecule has 0 aliphatic rings. The second kappa shape index (κ2) is 5.98. The Balaban J connectivity index is 2.30. The lowest BCUT2D eigenvalue weighted by Crippen LogP contribution is -2.29. The number of amides is 1. The zero-order chi connectivity index (χ0) is 13.0. The molecule has 2 aromatic rings. The quantitative estimate of drug-likeness (QED) is 0.857. The molecule has 0 radical (unpaired) electrons. The molecule has 0 fully saturated rings. The van der Waals surface area contributed by atoms with E-state index >= 15 is 0 Å². The van der Waals surface area contributed by atoms with Crippen LogP contribution in [-0.4, -0.2) is 11.8 Å². The Bertz CT molecular complexity index is 512. The van der Waals surface area contributed by atoms with E-state index in [1.807, 2.05) is 17.5 Å². The number of carbonyl (C=O) groups is 1. The summed E-state index contributed by atoms with van der Waals surface area (Å²) in [4.78, 5) is 12.4. The fraction of sp³-hybridized carbons (Fsp3) is 0.154. The number of carbonyl (C=O) groups excluding carboxylic acids is 1. The van der Waals surface area contributed by atoms with Gasteiger partial charge in [0.2, 0.25) is 5.91 Å². The van der Waals surface area contributed by atoms with Gasteiger partial charge in [0.15, 0.2) is 0 Å². The van der Waals surface area contributed by atoms with Crippen LogP contribution in [0.25, 0.3) is 0 Å². The van der Waals surface area contributed by atoms with E-state index in [-0.39, 0.29) is 23.6 Å². The summed E-state index contributed by atoms with van der Waals surface area (Å²) in [5.74, 6) is -0.643. The molecular weight excluding hydrogens is 273 g/mol. The van der Waals surface area contributed by atoms with E-state index in [2.05, 4.69) is 5.32 Å². The number of benzene rings is 1. The van der Waals surface area contributed by atoms with E-state index in [0.717, 1.165) is 10.4 Å². The molecule has 0 aliphatic heterocycles. The third-order valence-electron chi connectivity index (χ3n) is 2.46. The van der Waals surface area contributed by atoms with Crippen LogP contribution in [0.2, 0.25) is 0 Å². The molecule has 0 aliphatic carbocycles. The maximum absolute atomic E-state index is 12.9. The van der Waals surface area contributed by atoms with Crippen LogP contribution in [0.4, 0.5) is 4.39 Å². The van der Waals surface area contributed by atoms with Gasteiger partial charge in [0.05, 0.1) is 6.04 Å². The molecule has 1 aromatic carbocycles. The van der Waals surface area contributed by atoms with Gasteiger partial charge in [0.25, 0.3) is 0 Å². The number of alkyl halides is 1.